The number of hydrogen-bond donors (Lipinski definition) is 2. The van der Waals surface area contributed by atoms with E-state index in [2.05, 4.69) is 14.7 Å². The number of aromatic amines is 1. The van der Waals surface area contributed by atoms with Crippen molar-refractivity contribution in [1.82, 2.24) is 14.7 Å². The highest BCUT2D eigenvalue weighted by Gasteiger charge is 2.29. The van der Waals surface area contributed by atoms with Gasteiger partial charge in [-0.15, -0.1) is 0 Å². The van der Waals surface area contributed by atoms with E-state index in [9.17, 15) is 8.42 Å². The third-order valence-electron chi connectivity index (χ3n) is 2.88. The molecule has 1 aliphatic heterocycles. The summed E-state index contributed by atoms with van der Waals surface area (Å²) in [4.78, 5) is 6.94. The van der Waals surface area contributed by atoms with Crippen molar-refractivity contribution in [3.63, 3.8) is 0 Å². The average Bonchev–Trinajstić information content (AvgIpc) is 2.83. The van der Waals surface area contributed by atoms with Gasteiger partial charge in [-0.2, -0.15) is 0 Å². The van der Waals surface area contributed by atoms with Crippen LogP contribution in [0.3, 0.4) is 0 Å². The summed E-state index contributed by atoms with van der Waals surface area (Å²) in [6.07, 6.45) is 4.39. The molecule has 1 aromatic rings. The molecule has 0 aromatic carbocycles. The van der Waals surface area contributed by atoms with E-state index < -0.39 is 10.0 Å². The molecule has 7 heteroatoms. The second-order valence-electron chi connectivity index (χ2n) is 4.17. The molecule has 0 radical (unpaired) electrons. The minimum absolute atomic E-state index is 0.335. The molecule has 6 nitrogen and oxygen atoms in total. The zero-order valence-electron chi connectivity index (χ0n) is 9.72. The lowest BCUT2D eigenvalue weighted by Gasteiger charge is -2.23. The van der Waals surface area contributed by atoms with Crippen molar-refractivity contribution in [1.29, 1.82) is 0 Å². The van der Waals surface area contributed by atoms with Crippen LogP contribution in [0.25, 0.3) is 0 Å². The molecule has 0 amide bonds. The molecule has 2 N–H and O–H groups in total. The van der Waals surface area contributed by atoms with Gasteiger partial charge in [0.25, 0.3) is 0 Å². The quantitative estimate of drug-likeness (QED) is 0.828. The predicted molar refractivity (Wildman–Crippen MR) is 62.9 cm³/mol. The molecule has 1 aliphatic rings. The number of aromatic nitrogens is 2. The Morgan fingerprint density at radius 2 is 2.24 bits per heavy atom. The van der Waals surface area contributed by atoms with Crippen molar-refractivity contribution in [3.8, 4) is 0 Å². The second-order valence-corrected chi connectivity index (χ2v) is 6.16. The summed E-state index contributed by atoms with van der Waals surface area (Å²) in [5.41, 5.74) is 0. The predicted octanol–water partition coefficient (Wildman–Crippen LogP) is 0.569. The molecular weight excluding hydrogens is 242 g/mol. The SMILES string of the molecule is CC(NS(=O)(=O)C1CCOCC1)c1ncc[nH]1. The minimum Gasteiger partial charge on any atom is -0.381 e. The maximum Gasteiger partial charge on any atom is 0.215 e. The van der Waals surface area contributed by atoms with Crippen LogP contribution in [0, 0.1) is 0 Å². The Kier molecular flexibility index (Phi) is 3.80. The van der Waals surface area contributed by atoms with E-state index in [4.69, 9.17) is 4.74 Å². The average molecular weight is 259 g/mol. The van der Waals surface area contributed by atoms with Crippen LogP contribution in [0.5, 0.6) is 0 Å². The van der Waals surface area contributed by atoms with Gasteiger partial charge in [-0.05, 0) is 19.8 Å². The number of H-pyrrole nitrogens is 1. The molecular formula is C10H17N3O3S. The van der Waals surface area contributed by atoms with Crippen molar-refractivity contribution >= 4 is 10.0 Å². The van der Waals surface area contributed by atoms with E-state index in [1.807, 2.05) is 0 Å². The monoisotopic (exact) mass is 259 g/mol. The van der Waals surface area contributed by atoms with Crippen LogP contribution < -0.4 is 4.72 Å². The molecule has 0 saturated carbocycles. The molecule has 0 aliphatic carbocycles. The molecule has 96 valence electrons. The summed E-state index contributed by atoms with van der Waals surface area (Å²) < 4.78 is 32.0. The smallest absolute Gasteiger partial charge is 0.215 e. The van der Waals surface area contributed by atoms with E-state index in [1.165, 1.54) is 0 Å². The largest absolute Gasteiger partial charge is 0.381 e. The van der Waals surface area contributed by atoms with E-state index >= 15 is 0 Å². The zero-order valence-corrected chi connectivity index (χ0v) is 10.5. The number of imidazole rings is 1. The van der Waals surface area contributed by atoms with Crippen LogP contribution in [0.4, 0.5) is 0 Å². The van der Waals surface area contributed by atoms with E-state index in [1.54, 1.807) is 19.3 Å². The summed E-state index contributed by atoms with van der Waals surface area (Å²) in [5, 5.41) is -0.353. The van der Waals surface area contributed by atoms with E-state index in [0.29, 0.717) is 31.9 Å². The standard InChI is InChI=1S/C10H17N3O3S/c1-8(10-11-4-5-12-10)13-17(14,15)9-2-6-16-7-3-9/h4-5,8-9,13H,2-3,6-7H2,1H3,(H,11,12). The van der Waals surface area contributed by atoms with Crippen molar-refractivity contribution in [2.45, 2.75) is 31.1 Å². The van der Waals surface area contributed by atoms with Gasteiger partial charge in [0.15, 0.2) is 0 Å². The highest BCUT2D eigenvalue weighted by Crippen LogP contribution is 2.17. The number of sulfonamides is 1. The lowest BCUT2D eigenvalue weighted by Crippen LogP contribution is -2.39. The minimum atomic E-state index is -3.30. The van der Waals surface area contributed by atoms with Crippen LogP contribution in [0.15, 0.2) is 12.4 Å². The van der Waals surface area contributed by atoms with Gasteiger partial charge in [0.05, 0.1) is 11.3 Å². The zero-order chi connectivity index (χ0) is 12.3. The van der Waals surface area contributed by atoms with Crippen molar-refractivity contribution in [3.05, 3.63) is 18.2 Å². The second kappa shape index (κ2) is 5.16. The van der Waals surface area contributed by atoms with Crippen LogP contribution in [0.2, 0.25) is 0 Å². The summed E-state index contributed by atoms with van der Waals surface area (Å²) in [6, 6.07) is -0.335. The van der Waals surface area contributed by atoms with Crippen molar-refractivity contribution < 1.29 is 13.2 Å². The topological polar surface area (TPSA) is 84.1 Å². The third-order valence-corrected chi connectivity index (χ3v) is 4.91. The molecule has 1 atom stereocenters. The highest BCUT2D eigenvalue weighted by atomic mass is 32.2. The van der Waals surface area contributed by atoms with E-state index in [-0.39, 0.29) is 11.3 Å². The van der Waals surface area contributed by atoms with Crippen LogP contribution in [0.1, 0.15) is 31.6 Å². The fraction of sp³-hybridized carbons (Fsp3) is 0.700. The summed E-state index contributed by atoms with van der Waals surface area (Å²) >= 11 is 0. The van der Waals surface area contributed by atoms with Crippen molar-refractivity contribution in [2.24, 2.45) is 0 Å². The third kappa shape index (κ3) is 3.05. The van der Waals surface area contributed by atoms with Gasteiger partial charge in [0, 0.05) is 25.6 Å². The maximum atomic E-state index is 12.1. The molecule has 0 bridgehead atoms. The van der Waals surface area contributed by atoms with Gasteiger partial charge in [-0.3, -0.25) is 0 Å². The number of hydrogen-bond acceptors (Lipinski definition) is 4. The summed E-state index contributed by atoms with van der Waals surface area (Å²) in [5.74, 6) is 0.626. The molecule has 0 spiro atoms. The fourth-order valence-corrected chi connectivity index (χ4v) is 3.51. The molecule has 1 saturated heterocycles. The number of ether oxygens (including phenoxy) is 1. The maximum absolute atomic E-state index is 12.1. The molecule has 1 fully saturated rings. The Balaban J connectivity index is 2.01. The first-order chi connectivity index (χ1) is 8.09. The summed E-state index contributed by atoms with van der Waals surface area (Å²) in [6.45, 7) is 2.80. The number of rotatable bonds is 4. The first kappa shape index (κ1) is 12.5. The van der Waals surface area contributed by atoms with E-state index in [0.717, 1.165) is 0 Å². The Bertz CT molecular complexity index is 437. The molecule has 2 rings (SSSR count). The van der Waals surface area contributed by atoms with Crippen LogP contribution >= 0.6 is 0 Å². The first-order valence-corrected chi connectivity index (χ1v) is 7.22. The van der Waals surface area contributed by atoms with Gasteiger partial charge in [0.2, 0.25) is 10.0 Å². The van der Waals surface area contributed by atoms with Crippen LogP contribution in [-0.4, -0.2) is 36.8 Å². The van der Waals surface area contributed by atoms with Crippen LogP contribution in [-0.2, 0) is 14.8 Å². The molecule has 17 heavy (non-hydrogen) atoms. The van der Waals surface area contributed by atoms with Gasteiger partial charge in [-0.1, -0.05) is 0 Å². The highest BCUT2D eigenvalue weighted by molar-refractivity contribution is 7.90. The van der Waals surface area contributed by atoms with Gasteiger partial charge >= 0.3 is 0 Å². The van der Waals surface area contributed by atoms with Gasteiger partial charge in [0.1, 0.15) is 5.82 Å². The normalized spacial score (nSPS) is 20.3. The lowest BCUT2D eigenvalue weighted by molar-refractivity contribution is 0.0981. The molecule has 1 aromatic heterocycles. The number of nitrogens with zero attached hydrogens (tertiary/aromatic N) is 1. The Morgan fingerprint density at radius 1 is 1.53 bits per heavy atom. The Hall–Kier alpha value is -0.920. The Labute approximate surface area is 101 Å². The van der Waals surface area contributed by atoms with Crippen molar-refractivity contribution in [2.75, 3.05) is 13.2 Å². The molecule has 1 unspecified atom stereocenters. The first-order valence-electron chi connectivity index (χ1n) is 5.68. The number of nitrogens with one attached hydrogen (secondary N) is 2. The lowest BCUT2D eigenvalue weighted by atomic mass is 10.2. The Morgan fingerprint density at radius 3 is 2.82 bits per heavy atom. The van der Waals surface area contributed by atoms with Gasteiger partial charge in [-0.25, -0.2) is 18.1 Å². The van der Waals surface area contributed by atoms with Gasteiger partial charge < -0.3 is 9.72 Å². The summed E-state index contributed by atoms with van der Waals surface area (Å²) in [7, 11) is -3.30. The fourth-order valence-electron chi connectivity index (χ4n) is 1.90. The molecule has 2 heterocycles.